The Morgan fingerprint density at radius 2 is 2.24 bits per heavy atom. The van der Waals surface area contributed by atoms with Gasteiger partial charge in [-0.1, -0.05) is 0 Å². The third kappa shape index (κ3) is 3.21. The SMILES string of the molecule is CCOc1cc2c(cc1OC)C(NC)CN(C(N)=O)CC2. The molecule has 6 heteroatoms. The summed E-state index contributed by atoms with van der Waals surface area (Å²) in [5.41, 5.74) is 7.71. The van der Waals surface area contributed by atoms with Gasteiger partial charge in [-0.3, -0.25) is 0 Å². The van der Waals surface area contributed by atoms with E-state index >= 15 is 0 Å². The maximum atomic E-state index is 11.5. The van der Waals surface area contributed by atoms with Crippen LogP contribution in [0.2, 0.25) is 0 Å². The second kappa shape index (κ2) is 6.67. The molecular weight excluding hydrogens is 270 g/mol. The zero-order valence-electron chi connectivity index (χ0n) is 12.8. The third-order valence-electron chi connectivity index (χ3n) is 3.81. The van der Waals surface area contributed by atoms with E-state index in [4.69, 9.17) is 15.2 Å². The minimum absolute atomic E-state index is 0.0274. The average molecular weight is 293 g/mol. The summed E-state index contributed by atoms with van der Waals surface area (Å²) in [5.74, 6) is 1.45. The predicted octanol–water partition coefficient (Wildman–Crippen LogP) is 1.29. The van der Waals surface area contributed by atoms with Crippen LogP contribution in [-0.2, 0) is 6.42 Å². The molecule has 1 aliphatic rings. The molecule has 1 atom stereocenters. The Balaban J connectivity index is 2.42. The first-order valence-corrected chi connectivity index (χ1v) is 7.15. The molecule has 3 N–H and O–H groups in total. The van der Waals surface area contributed by atoms with Crippen molar-refractivity contribution in [3.8, 4) is 11.5 Å². The number of urea groups is 1. The molecule has 0 spiro atoms. The molecule has 21 heavy (non-hydrogen) atoms. The van der Waals surface area contributed by atoms with Gasteiger partial charge in [0, 0.05) is 13.1 Å². The standard InChI is InChI=1S/C15H23N3O3/c1-4-21-14-7-10-5-6-18(15(16)19)9-12(17-2)11(10)8-13(14)20-3/h7-8,12,17H,4-6,9H2,1-3H3,(H2,16,19). The van der Waals surface area contributed by atoms with E-state index < -0.39 is 0 Å². The second-order valence-electron chi connectivity index (χ2n) is 5.01. The Hall–Kier alpha value is -1.95. The van der Waals surface area contributed by atoms with Crippen molar-refractivity contribution in [3.63, 3.8) is 0 Å². The minimum atomic E-state index is -0.389. The fraction of sp³-hybridized carbons (Fsp3) is 0.533. The van der Waals surface area contributed by atoms with Crippen molar-refractivity contribution < 1.29 is 14.3 Å². The lowest BCUT2D eigenvalue weighted by Gasteiger charge is -2.23. The molecule has 116 valence electrons. The summed E-state index contributed by atoms with van der Waals surface area (Å²) in [7, 11) is 3.51. The van der Waals surface area contributed by atoms with Crippen molar-refractivity contribution in [1.82, 2.24) is 10.2 Å². The molecule has 0 aromatic heterocycles. The number of fused-ring (bicyclic) bond motifs is 1. The van der Waals surface area contributed by atoms with Gasteiger partial charge in [0.05, 0.1) is 19.8 Å². The van der Waals surface area contributed by atoms with Crippen LogP contribution in [0.25, 0.3) is 0 Å². The molecular formula is C15H23N3O3. The van der Waals surface area contributed by atoms with E-state index in [1.54, 1.807) is 12.0 Å². The van der Waals surface area contributed by atoms with Crippen molar-refractivity contribution in [3.05, 3.63) is 23.3 Å². The van der Waals surface area contributed by atoms with Crippen LogP contribution >= 0.6 is 0 Å². The molecule has 0 fully saturated rings. The van der Waals surface area contributed by atoms with Gasteiger partial charge in [0.25, 0.3) is 0 Å². The normalized spacial score (nSPS) is 17.9. The van der Waals surface area contributed by atoms with E-state index in [9.17, 15) is 4.79 Å². The number of carbonyl (C=O) groups is 1. The van der Waals surface area contributed by atoms with Gasteiger partial charge in [-0.05, 0) is 43.7 Å². The van der Waals surface area contributed by atoms with E-state index in [-0.39, 0.29) is 12.1 Å². The number of ether oxygens (including phenoxy) is 2. The van der Waals surface area contributed by atoms with Crippen molar-refractivity contribution in [1.29, 1.82) is 0 Å². The van der Waals surface area contributed by atoms with Crippen LogP contribution in [0.3, 0.4) is 0 Å². The molecule has 1 unspecified atom stereocenters. The maximum Gasteiger partial charge on any atom is 0.314 e. The summed E-state index contributed by atoms with van der Waals surface area (Å²) in [4.78, 5) is 13.1. The first kappa shape index (κ1) is 15.4. The van der Waals surface area contributed by atoms with Gasteiger partial charge in [-0.25, -0.2) is 4.79 Å². The van der Waals surface area contributed by atoms with Crippen molar-refractivity contribution in [2.75, 3.05) is 33.9 Å². The van der Waals surface area contributed by atoms with Crippen LogP contribution in [0.5, 0.6) is 11.5 Å². The molecule has 0 saturated heterocycles. The summed E-state index contributed by atoms with van der Waals surface area (Å²) < 4.78 is 11.0. The first-order chi connectivity index (χ1) is 10.1. The number of benzene rings is 1. The number of methoxy groups -OCH3 is 1. The first-order valence-electron chi connectivity index (χ1n) is 7.15. The number of hydrogen-bond donors (Lipinski definition) is 2. The molecule has 2 amide bonds. The highest BCUT2D eigenvalue weighted by molar-refractivity contribution is 5.72. The fourth-order valence-electron chi connectivity index (χ4n) is 2.70. The number of primary amides is 1. The molecule has 0 saturated carbocycles. The second-order valence-corrected chi connectivity index (χ2v) is 5.01. The highest BCUT2D eigenvalue weighted by Crippen LogP contribution is 2.35. The van der Waals surface area contributed by atoms with Gasteiger partial charge in [0.15, 0.2) is 11.5 Å². The Morgan fingerprint density at radius 3 is 2.81 bits per heavy atom. The summed E-state index contributed by atoms with van der Waals surface area (Å²) in [5, 5.41) is 3.24. The van der Waals surface area contributed by atoms with E-state index in [0.29, 0.717) is 25.4 Å². The van der Waals surface area contributed by atoms with Crippen molar-refractivity contribution in [2.24, 2.45) is 5.73 Å². The zero-order valence-corrected chi connectivity index (χ0v) is 12.8. The molecule has 2 rings (SSSR count). The largest absolute Gasteiger partial charge is 0.493 e. The molecule has 1 heterocycles. The highest BCUT2D eigenvalue weighted by Gasteiger charge is 2.25. The van der Waals surface area contributed by atoms with Crippen LogP contribution in [0.15, 0.2) is 12.1 Å². The van der Waals surface area contributed by atoms with Crippen molar-refractivity contribution in [2.45, 2.75) is 19.4 Å². The molecule has 1 aliphatic heterocycles. The number of likely N-dealkylation sites (N-methyl/N-ethyl adjacent to an activating group) is 1. The summed E-state index contributed by atoms with van der Waals surface area (Å²) in [6, 6.07) is 3.64. The lowest BCUT2D eigenvalue weighted by molar-refractivity contribution is 0.204. The predicted molar refractivity (Wildman–Crippen MR) is 80.8 cm³/mol. The monoisotopic (exact) mass is 293 g/mol. The van der Waals surface area contributed by atoms with E-state index in [1.807, 2.05) is 26.1 Å². The molecule has 0 aliphatic carbocycles. The van der Waals surface area contributed by atoms with Crippen LogP contribution < -0.4 is 20.5 Å². The van der Waals surface area contributed by atoms with Gasteiger partial charge in [0.1, 0.15) is 0 Å². The molecule has 0 bridgehead atoms. The summed E-state index contributed by atoms with van der Waals surface area (Å²) in [6.45, 7) is 3.68. The van der Waals surface area contributed by atoms with Crippen LogP contribution in [0.4, 0.5) is 4.79 Å². The molecule has 1 aromatic rings. The van der Waals surface area contributed by atoms with Gasteiger partial charge >= 0.3 is 6.03 Å². The van der Waals surface area contributed by atoms with Crippen LogP contribution in [0.1, 0.15) is 24.1 Å². The minimum Gasteiger partial charge on any atom is -0.493 e. The van der Waals surface area contributed by atoms with Crippen LogP contribution in [-0.4, -0.2) is 44.8 Å². The summed E-state index contributed by atoms with van der Waals surface area (Å²) in [6.07, 6.45) is 0.751. The van der Waals surface area contributed by atoms with E-state index in [0.717, 1.165) is 23.3 Å². The Kier molecular flexibility index (Phi) is 4.90. The number of nitrogens with zero attached hydrogens (tertiary/aromatic N) is 1. The number of amides is 2. The number of carbonyl (C=O) groups excluding carboxylic acids is 1. The number of nitrogens with two attached hydrogens (primary N) is 1. The van der Waals surface area contributed by atoms with Gasteiger partial charge in [0.2, 0.25) is 0 Å². The van der Waals surface area contributed by atoms with Crippen LogP contribution in [0, 0.1) is 0 Å². The lowest BCUT2D eigenvalue weighted by Crippen LogP contribution is -2.40. The van der Waals surface area contributed by atoms with Gasteiger partial charge in [-0.15, -0.1) is 0 Å². The van der Waals surface area contributed by atoms with E-state index in [2.05, 4.69) is 5.32 Å². The number of rotatable bonds is 4. The molecule has 6 nitrogen and oxygen atoms in total. The van der Waals surface area contributed by atoms with E-state index in [1.165, 1.54) is 0 Å². The lowest BCUT2D eigenvalue weighted by atomic mass is 9.98. The number of nitrogens with one attached hydrogen (secondary N) is 1. The average Bonchev–Trinajstić information content (AvgIpc) is 2.65. The number of hydrogen-bond acceptors (Lipinski definition) is 4. The topological polar surface area (TPSA) is 76.8 Å². The van der Waals surface area contributed by atoms with Gasteiger partial charge in [-0.2, -0.15) is 0 Å². The third-order valence-corrected chi connectivity index (χ3v) is 3.81. The Labute approximate surface area is 125 Å². The quantitative estimate of drug-likeness (QED) is 0.877. The smallest absolute Gasteiger partial charge is 0.314 e. The van der Waals surface area contributed by atoms with Crippen molar-refractivity contribution >= 4 is 6.03 Å². The molecule has 1 aromatic carbocycles. The maximum absolute atomic E-state index is 11.5. The highest BCUT2D eigenvalue weighted by atomic mass is 16.5. The Morgan fingerprint density at radius 1 is 1.48 bits per heavy atom. The zero-order chi connectivity index (χ0) is 15.4. The summed E-state index contributed by atoms with van der Waals surface area (Å²) >= 11 is 0. The molecule has 0 radical (unpaired) electrons. The van der Waals surface area contributed by atoms with Gasteiger partial charge < -0.3 is 25.4 Å². The fourth-order valence-corrected chi connectivity index (χ4v) is 2.70. The Bertz CT molecular complexity index is 519.